The summed E-state index contributed by atoms with van der Waals surface area (Å²) < 4.78 is 17.4. The summed E-state index contributed by atoms with van der Waals surface area (Å²) in [6.07, 6.45) is 0.0564. The monoisotopic (exact) mass is 405 g/mol. The van der Waals surface area contributed by atoms with E-state index in [0.29, 0.717) is 19.1 Å². The molecule has 0 bridgehead atoms. The van der Waals surface area contributed by atoms with E-state index in [1.54, 1.807) is 0 Å². The number of anilines is 1. The number of hydrogen-bond acceptors (Lipinski definition) is 4. The third kappa shape index (κ3) is 7.03. The van der Waals surface area contributed by atoms with E-state index in [0.717, 1.165) is 29.5 Å². The first-order chi connectivity index (χ1) is 14.6. The average Bonchev–Trinajstić information content (AvgIpc) is 2.77. The van der Waals surface area contributed by atoms with Crippen LogP contribution in [0, 0.1) is 0 Å². The number of para-hydroxylation sites is 1. The summed E-state index contributed by atoms with van der Waals surface area (Å²) in [5.74, 6) is 3.11. The van der Waals surface area contributed by atoms with Gasteiger partial charge in [-0.1, -0.05) is 44.2 Å². The van der Waals surface area contributed by atoms with Crippen LogP contribution >= 0.6 is 0 Å². The first-order valence-corrected chi connectivity index (χ1v) is 10.5. The summed E-state index contributed by atoms with van der Waals surface area (Å²) in [7, 11) is 0. The lowest BCUT2D eigenvalue weighted by Gasteiger charge is -2.17. The topological polar surface area (TPSA) is 39.7 Å². The van der Waals surface area contributed by atoms with Crippen LogP contribution in [0.1, 0.15) is 32.3 Å². The molecule has 0 fully saturated rings. The number of ether oxygens (including phenoxy) is 3. The highest BCUT2D eigenvalue weighted by Gasteiger charge is 2.06. The van der Waals surface area contributed by atoms with E-state index in [1.165, 1.54) is 5.56 Å². The molecule has 0 saturated carbocycles. The highest BCUT2D eigenvalue weighted by molar-refractivity contribution is 5.46. The summed E-state index contributed by atoms with van der Waals surface area (Å²) in [5, 5.41) is 3.41. The molecule has 1 unspecified atom stereocenters. The first kappa shape index (κ1) is 21.6. The van der Waals surface area contributed by atoms with Gasteiger partial charge in [-0.25, -0.2) is 0 Å². The second-order valence-corrected chi connectivity index (χ2v) is 7.57. The quantitative estimate of drug-likeness (QED) is 0.389. The Morgan fingerprint density at radius 2 is 1.23 bits per heavy atom. The van der Waals surface area contributed by atoms with Crippen LogP contribution in [0.15, 0.2) is 78.9 Å². The van der Waals surface area contributed by atoms with Gasteiger partial charge in [0, 0.05) is 5.69 Å². The van der Waals surface area contributed by atoms with Gasteiger partial charge in [-0.3, -0.25) is 0 Å². The third-order valence-electron chi connectivity index (χ3n) is 4.70. The molecule has 1 atom stereocenters. The minimum Gasteiger partial charge on any atom is -0.490 e. The van der Waals surface area contributed by atoms with Gasteiger partial charge in [0.2, 0.25) is 0 Å². The molecule has 30 heavy (non-hydrogen) atoms. The van der Waals surface area contributed by atoms with Gasteiger partial charge < -0.3 is 19.5 Å². The van der Waals surface area contributed by atoms with E-state index in [2.05, 4.69) is 38.2 Å². The van der Waals surface area contributed by atoms with Crippen LogP contribution in [-0.2, 0) is 0 Å². The van der Waals surface area contributed by atoms with Crippen molar-refractivity contribution in [3.05, 3.63) is 84.4 Å². The Labute approximate surface area is 179 Å². The Balaban J connectivity index is 1.36. The summed E-state index contributed by atoms with van der Waals surface area (Å²) in [5.41, 5.74) is 2.36. The van der Waals surface area contributed by atoms with Crippen LogP contribution in [0.3, 0.4) is 0 Å². The predicted molar refractivity (Wildman–Crippen MR) is 123 cm³/mol. The number of hydrogen-bond donors (Lipinski definition) is 1. The van der Waals surface area contributed by atoms with E-state index < -0.39 is 0 Å². The summed E-state index contributed by atoms with van der Waals surface area (Å²) in [6.45, 7) is 8.18. The fourth-order valence-electron chi connectivity index (χ4n) is 2.97. The van der Waals surface area contributed by atoms with E-state index in [9.17, 15) is 0 Å². The Morgan fingerprint density at radius 1 is 0.667 bits per heavy atom. The van der Waals surface area contributed by atoms with Crippen LogP contribution in [-0.4, -0.2) is 25.9 Å². The molecule has 0 aliphatic heterocycles. The zero-order chi connectivity index (χ0) is 21.2. The van der Waals surface area contributed by atoms with Crippen molar-refractivity contribution in [1.29, 1.82) is 0 Å². The van der Waals surface area contributed by atoms with Crippen molar-refractivity contribution < 1.29 is 14.2 Å². The fourth-order valence-corrected chi connectivity index (χ4v) is 2.97. The summed E-state index contributed by atoms with van der Waals surface area (Å²) in [4.78, 5) is 0. The molecular formula is C26H31NO3. The van der Waals surface area contributed by atoms with Crippen molar-refractivity contribution in [2.75, 3.05) is 25.1 Å². The molecule has 0 aliphatic carbocycles. The maximum Gasteiger partial charge on any atom is 0.122 e. The van der Waals surface area contributed by atoms with Crippen molar-refractivity contribution in [1.82, 2.24) is 0 Å². The molecule has 0 heterocycles. The van der Waals surface area contributed by atoms with Gasteiger partial charge >= 0.3 is 0 Å². The maximum absolute atomic E-state index is 6.00. The maximum atomic E-state index is 6.00. The fraction of sp³-hybridized carbons (Fsp3) is 0.308. The smallest absolute Gasteiger partial charge is 0.122 e. The Morgan fingerprint density at radius 3 is 1.83 bits per heavy atom. The van der Waals surface area contributed by atoms with E-state index in [4.69, 9.17) is 14.2 Å². The molecule has 3 aromatic rings. The lowest BCUT2D eigenvalue weighted by atomic mass is 10.0. The Kier molecular flexibility index (Phi) is 8.02. The van der Waals surface area contributed by atoms with Crippen molar-refractivity contribution in [2.45, 2.75) is 32.8 Å². The minimum atomic E-state index is 0.0564. The van der Waals surface area contributed by atoms with Gasteiger partial charge in [0.05, 0.1) is 6.54 Å². The van der Waals surface area contributed by atoms with Gasteiger partial charge in [0.15, 0.2) is 0 Å². The molecule has 1 N–H and O–H groups in total. The number of nitrogens with one attached hydrogen (secondary N) is 1. The van der Waals surface area contributed by atoms with Crippen LogP contribution < -0.4 is 19.5 Å². The molecule has 0 aliphatic rings. The Hall–Kier alpha value is -3.14. The molecule has 158 valence electrons. The lowest BCUT2D eigenvalue weighted by molar-refractivity contribution is 0.217. The van der Waals surface area contributed by atoms with Crippen LogP contribution in [0.2, 0.25) is 0 Å². The highest BCUT2D eigenvalue weighted by Crippen LogP contribution is 2.20. The zero-order valence-corrected chi connectivity index (χ0v) is 18.0. The van der Waals surface area contributed by atoms with Gasteiger partial charge in [-0.05, 0) is 66.9 Å². The zero-order valence-electron chi connectivity index (χ0n) is 18.0. The molecule has 4 nitrogen and oxygen atoms in total. The summed E-state index contributed by atoms with van der Waals surface area (Å²) in [6, 6.07) is 26.0. The van der Waals surface area contributed by atoms with Gasteiger partial charge in [0.25, 0.3) is 0 Å². The van der Waals surface area contributed by atoms with Crippen molar-refractivity contribution in [3.8, 4) is 17.2 Å². The van der Waals surface area contributed by atoms with E-state index in [-0.39, 0.29) is 6.10 Å². The molecule has 3 aromatic carbocycles. The molecule has 0 spiro atoms. The predicted octanol–water partition coefficient (Wildman–Crippen LogP) is 6.15. The SMILES string of the molecule is CC(CNc1ccc(OCCOc2ccccc2)cc1)Oc1ccc(C(C)C)cc1. The van der Waals surface area contributed by atoms with Gasteiger partial charge in [-0.2, -0.15) is 0 Å². The standard InChI is InChI=1S/C26H31NO3/c1-20(2)22-9-13-26(14-10-22)30-21(3)19-27-23-11-15-25(16-12-23)29-18-17-28-24-7-5-4-6-8-24/h4-16,20-21,27H,17-19H2,1-3H3. The molecule has 0 amide bonds. The number of rotatable bonds is 11. The minimum absolute atomic E-state index is 0.0564. The Bertz CT molecular complexity index is 861. The normalized spacial score (nSPS) is 11.7. The van der Waals surface area contributed by atoms with E-state index in [1.807, 2.05) is 66.7 Å². The molecule has 0 saturated heterocycles. The van der Waals surface area contributed by atoms with Crippen molar-refractivity contribution in [2.24, 2.45) is 0 Å². The molecule has 4 heteroatoms. The van der Waals surface area contributed by atoms with Crippen LogP contribution in [0.4, 0.5) is 5.69 Å². The van der Waals surface area contributed by atoms with Crippen molar-refractivity contribution >= 4 is 5.69 Å². The second kappa shape index (κ2) is 11.1. The van der Waals surface area contributed by atoms with Crippen molar-refractivity contribution in [3.63, 3.8) is 0 Å². The van der Waals surface area contributed by atoms with Crippen LogP contribution in [0.25, 0.3) is 0 Å². The molecule has 3 rings (SSSR count). The van der Waals surface area contributed by atoms with Crippen LogP contribution in [0.5, 0.6) is 17.2 Å². The average molecular weight is 406 g/mol. The van der Waals surface area contributed by atoms with Gasteiger partial charge in [0.1, 0.15) is 36.6 Å². The van der Waals surface area contributed by atoms with Gasteiger partial charge in [-0.15, -0.1) is 0 Å². The molecular weight excluding hydrogens is 374 g/mol. The number of benzene rings is 3. The molecule has 0 radical (unpaired) electrons. The van der Waals surface area contributed by atoms with E-state index >= 15 is 0 Å². The second-order valence-electron chi connectivity index (χ2n) is 7.57. The highest BCUT2D eigenvalue weighted by atomic mass is 16.5. The molecule has 0 aromatic heterocycles. The lowest BCUT2D eigenvalue weighted by Crippen LogP contribution is -2.22. The third-order valence-corrected chi connectivity index (χ3v) is 4.70. The largest absolute Gasteiger partial charge is 0.490 e. The summed E-state index contributed by atoms with van der Waals surface area (Å²) >= 11 is 0. The first-order valence-electron chi connectivity index (χ1n) is 10.5.